The lowest BCUT2D eigenvalue weighted by atomic mass is 10.2. The van der Waals surface area contributed by atoms with E-state index in [-0.39, 0.29) is 0 Å². The number of thiocarbonyl (C=S) groups is 1. The molecule has 0 aromatic carbocycles. The minimum absolute atomic E-state index is 0.608. The fourth-order valence-electron chi connectivity index (χ4n) is 1.19. The standard InChI is InChI=1S/C11H19N3S2/c1-8(2)5-12-11(15)14(4)6-10-9(3)13-7-16-10/h7-8H,5-6H2,1-4H3,(H,12,15). The van der Waals surface area contributed by atoms with Crippen molar-refractivity contribution in [2.24, 2.45) is 5.92 Å². The molecule has 90 valence electrons. The third-order valence-electron chi connectivity index (χ3n) is 2.23. The zero-order valence-corrected chi connectivity index (χ0v) is 11.9. The first-order valence-electron chi connectivity index (χ1n) is 5.38. The summed E-state index contributed by atoms with van der Waals surface area (Å²) in [4.78, 5) is 7.56. The number of thiazole rings is 1. The van der Waals surface area contributed by atoms with E-state index in [0.29, 0.717) is 5.92 Å². The van der Waals surface area contributed by atoms with E-state index in [2.05, 4.69) is 29.0 Å². The van der Waals surface area contributed by atoms with Crippen molar-refractivity contribution in [3.63, 3.8) is 0 Å². The molecule has 1 N–H and O–H groups in total. The normalized spacial score (nSPS) is 10.6. The molecule has 1 aromatic rings. The van der Waals surface area contributed by atoms with Crippen molar-refractivity contribution in [3.05, 3.63) is 16.1 Å². The SMILES string of the molecule is Cc1ncsc1CN(C)C(=S)NCC(C)C. The molecule has 1 aromatic heterocycles. The van der Waals surface area contributed by atoms with Gasteiger partial charge in [-0.15, -0.1) is 11.3 Å². The van der Waals surface area contributed by atoms with Crippen LogP contribution in [0.1, 0.15) is 24.4 Å². The van der Waals surface area contributed by atoms with E-state index in [4.69, 9.17) is 12.2 Å². The molecule has 0 unspecified atom stereocenters. The van der Waals surface area contributed by atoms with Crippen molar-refractivity contribution >= 4 is 28.7 Å². The van der Waals surface area contributed by atoms with Crippen molar-refractivity contribution in [1.29, 1.82) is 0 Å². The molecule has 0 amide bonds. The van der Waals surface area contributed by atoms with Crippen LogP contribution in [-0.4, -0.2) is 28.6 Å². The molecule has 0 radical (unpaired) electrons. The maximum absolute atomic E-state index is 5.31. The average Bonchev–Trinajstić information content (AvgIpc) is 2.60. The van der Waals surface area contributed by atoms with E-state index in [9.17, 15) is 0 Å². The molecule has 0 aliphatic heterocycles. The van der Waals surface area contributed by atoms with Crippen molar-refractivity contribution < 1.29 is 0 Å². The van der Waals surface area contributed by atoms with Crippen LogP contribution in [0.15, 0.2) is 5.51 Å². The summed E-state index contributed by atoms with van der Waals surface area (Å²) >= 11 is 6.99. The molecular formula is C11H19N3S2. The van der Waals surface area contributed by atoms with Crippen molar-refractivity contribution in [3.8, 4) is 0 Å². The molecule has 0 saturated carbocycles. The van der Waals surface area contributed by atoms with Gasteiger partial charge in [0.05, 0.1) is 17.7 Å². The molecule has 0 bridgehead atoms. The van der Waals surface area contributed by atoms with Crippen LogP contribution in [0.4, 0.5) is 0 Å². The smallest absolute Gasteiger partial charge is 0.169 e. The Bertz CT molecular complexity index is 347. The Morgan fingerprint density at radius 3 is 2.81 bits per heavy atom. The number of nitrogens with one attached hydrogen (secondary N) is 1. The molecule has 0 saturated heterocycles. The predicted octanol–water partition coefficient (Wildman–Crippen LogP) is 2.41. The summed E-state index contributed by atoms with van der Waals surface area (Å²) in [7, 11) is 2.01. The van der Waals surface area contributed by atoms with Gasteiger partial charge in [0.25, 0.3) is 0 Å². The zero-order valence-electron chi connectivity index (χ0n) is 10.3. The Kier molecular flexibility index (Phi) is 5.15. The summed E-state index contributed by atoms with van der Waals surface area (Å²) in [5, 5.41) is 4.06. The summed E-state index contributed by atoms with van der Waals surface area (Å²) in [5.41, 5.74) is 2.98. The number of aromatic nitrogens is 1. The van der Waals surface area contributed by atoms with Gasteiger partial charge in [-0.2, -0.15) is 0 Å². The molecule has 0 spiro atoms. The van der Waals surface area contributed by atoms with Crippen molar-refractivity contribution in [2.45, 2.75) is 27.3 Å². The maximum atomic E-state index is 5.31. The van der Waals surface area contributed by atoms with Gasteiger partial charge in [0.1, 0.15) is 0 Å². The summed E-state index contributed by atoms with van der Waals surface area (Å²) < 4.78 is 0. The topological polar surface area (TPSA) is 28.2 Å². The lowest BCUT2D eigenvalue weighted by Crippen LogP contribution is -2.38. The van der Waals surface area contributed by atoms with Crippen LogP contribution in [0.2, 0.25) is 0 Å². The van der Waals surface area contributed by atoms with E-state index in [1.807, 2.05) is 19.5 Å². The fourth-order valence-corrected chi connectivity index (χ4v) is 2.17. The highest BCUT2D eigenvalue weighted by molar-refractivity contribution is 7.80. The molecule has 0 aliphatic carbocycles. The van der Waals surface area contributed by atoms with Crippen LogP contribution in [0, 0.1) is 12.8 Å². The van der Waals surface area contributed by atoms with Gasteiger partial charge in [-0.1, -0.05) is 13.8 Å². The van der Waals surface area contributed by atoms with Gasteiger partial charge < -0.3 is 10.2 Å². The summed E-state index contributed by atoms with van der Waals surface area (Å²) in [6, 6.07) is 0. The highest BCUT2D eigenvalue weighted by atomic mass is 32.1. The lowest BCUT2D eigenvalue weighted by molar-refractivity contribution is 0.482. The van der Waals surface area contributed by atoms with Gasteiger partial charge in [0.2, 0.25) is 0 Å². The number of rotatable bonds is 4. The number of hydrogen-bond acceptors (Lipinski definition) is 3. The van der Waals surface area contributed by atoms with Crippen LogP contribution in [0.25, 0.3) is 0 Å². The molecule has 3 nitrogen and oxygen atoms in total. The Labute approximate surface area is 107 Å². The maximum Gasteiger partial charge on any atom is 0.169 e. The molecule has 0 fully saturated rings. The van der Waals surface area contributed by atoms with Crippen LogP contribution < -0.4 is 5.32 Å². The van der Waals surface area contributed by atoms with Gasteiger partial charge in [-0.05, 0) is 25.1 Å². The number of nitrogens with zero attached hydrogens (tertiary/aromatic N) is 2. The van der Waals surface area contributed by atoms with E-state index < -0.39 is 0 Å². The first-order valence-corrected chi connectivity index (χ1v) is 6.67. The first-order chi connectivity index (χ1) is 7.50. The number of aryl methyl sites for hydroxylation is 1. The Hall–Kier alpha value is -0.680. The van der Waals surface area contributed by atoms with E-state index in [1.165, 1.54) is 4.88 Å². The monoisotopic (exact) mass is 257 g/mol. The highest BCUT2D eigenvalue weighted by Gasteiger charge is 2.08. The average molecular weight is 257 g/mol. The second kappa shape index (κ2) is 6.15. The summed E-state index contributed by atoms with van der Waals surface area (Å²) in [5.74, 6) is 0.608. The van der Waals surface area contributed by atoms with E-state index >= 15 is 0 Å². The van der Waals surface area contributed by atoms with Crippen LogP contribution in [0.5, 0.6) is 0 Å². The van der Waals surface area contributed by atoms with Crippen molar-refractivity contribution in [1.82, 2.24) is 15.2 Å². The number of hydrogen-bond donors (Lipinski definition) is 1. The van der Waals surface area contributed by atoms with Gasteiger partial charge in [-0.3, -0.25) is 0 Å². The second-order valence-electron chi connectivity index (χ2n) is 4.30. The Morgan fingerprint density at radius 1 is 1.62 bits per heavy atom. The van der Waals surface area contributed by atoms with E-state index in [0.717, 1.165) is 23.9 Å². The first kappa shape index (κ1) is 13.4. The third-order valence-corrected chi connectivity index (χ3v) is 3.61. The molecule has 16 heavy (non-hydrogen) atoms. The summed E-state index contributed by atoms with van der Waals surface area (Å²) in [6.45, 7) is 8.13. The minimum Gasteiger partial charge on any atom is -0.362 e. The molecule has 1 heterocycles. The zero-order chi connectivity index (χ0) is 12.1. The molecule has 5 heteroatoms. The molecule has 0 atom stereocenters. The van der Waals surface area contributed by atoms with Gasteiger partial charge in [0, 0.05) is 18.5 Å². The third kappa shape index (κ3) is 4.06. The highest BCUT2D eigenvalue weighted by Crippen LogP contribution is 2.14. The van der Waals surface area contributed by atoms with Crippen LogP contribution in [0.3, 0.4) is 0 Å². The van der Waals surface area contributed by atoms with E-state index in [1.54, 1.807) is 11.3 Å². The van der Waals surface area contributed by atoms with Gasteiger partial charge >= 0.3 is 0 Å². The quantitative estimate of drug-likeness (QED) is 0.839. The molecule has 0 aliphatic rings. The van der Waals surface area contributed by atoms with Crippen LogP contribution in [-0.2, 0) is 6.54 Å². The minimum atomic E-state index is 0.608. The molecular weight excluding hydrogens is 238 g/mol. The Morgan fingerprint density at radius 2 is 2.31 bits per heavy atom. The summed E-state index contributed by atoms with van der Waals surface area (Å²) in [6.07, 6.45) is 0. The van der Waals surface area contributed by atoms with Gasteiger partial charge in [0.15, 0.2) is 5.11 Å². The van der Waals surface area contributed by atoms with Crippen LogP contribution >= 0.6 is 23.6 Å². The second-order valence-corrected chi connectivity index (χ2v) is 5.62. The largest absolute Gasteiger partial charge is 0.362 e. The van der Waals surface area contributed by atoms with Gasteiger partial charge in [-0.25, -0.2) is 4.98 Å². The predicted molar refractivity (Wildman–Crippen MR) is 73.8 cm³/mol. The lowest BCUT2D eigenvalue weighted by Gasteiger charge is -2.21. The van der Waals surface area contributed by atoms with Crippen molar-refractivity contribution in [2.75, 3.05) is 13.6 Å². The Balaban J connectivity index is 2.43. The molecule has 1 rings (SSSR count). The fraction of sp³-hybridized carbons (Fsp3) is 0.636.